The van der Waals surface area contributed by atoms with Crippen LogP contribution in [-0.2, 0) is 6.67 Å². The average Bonchev–Trinajstić information content (AvgIpc) is 3.20. The minimum absolute atomic E-state index is 0.490. The van der Waals surface area contributed by atoms with Crippen LogP contribution in [0.4, 0.5) is 38.5 Å². The van der Waals surface area contributed by atoms with Crippen molar-refractivity contribution in [1.29, 1.82) is 0 Å². The van der Waals surface area contributed by atoms with E-state index in [0.29, 0.717) is 5.56 Å². The smallest absolute Gasteiger partial charge is 0.115 e. The maximum absolute atomic E-state index is 13.5. The van der Waals surface area contributed by atoms with Crippen molar-refractivity contribution in [2.45, 2.75) is 6.67 Å². The van der Waals surface area contributed by atoms with Crippen LogP contribution in [0.2, 0.25) is 0 Å². The number of hydrogen-bond acceptors (Lipinski definition) is 2. The van der Waals surface area contributed by atoms with E-state index in [-0.39, 0.29) is 0 Å². The summed E-state index contributed by atoms with van der Waals surface area (Å²) in [4.78, 5) is 4.60. The lowest BCUT2D eigenvalue weighted by Crippen LogP contribution is -2.13. The molecule has 0 aliphatic carbocycles. The summed E-state index contributed by atoms with van der Waals surface area (Å²) in [5.41, 5.74) is 11.5. The van der Waals surface area contributed by atoms with Gasteiger partial charge in [0.05, 0.1) is 11.4 Å². The van der Waals surface area contributed by atoms with Gasteiger partial charge in [-0.15, -0.1) is 0 Å². The Morgan fingerprint density at radius 3 is 1.30 bits per heavy atom. The van der Waals surface area contributed by atoms with Crippen LogP contribution in [0.3, 0.4) is 0 Å². The molecule has 0 aromatic heterocycles. The van der Waals surface area contributed by atoms with Crippen molar-refractivity contribution in [1.82, 2.24) is 0 Å². The number of anilines is 6. The van der Waals surface area contributed by atoms with E-state index in [4.69, 9.17) is 0 Å². The normalized spacial score (nSPS) is 11.0. The van der Waals surface area contributed by atoms with Crippen LogP contribution < -0.4 is 9.80 Å². The first-order valence-electron chi connectivity index (χ1n) is 16.9. The summed E-state index contributed by atoms with van der Waals surface area (Å²) >= 11 is 0. The molecule has 50 heavy (non-hydrogen) atoms. The number of nitrogens with zero attached hydrogens (tertiary/aromatic N) is 2. The molecule has 0 aliphatic heterocycles. The molecule has 8 rings (SSSR count). The lowest BCUT2D eigenvalue weighted by molar-refractivity contribution is 0.485. The van der Waals surface area contributed by atoms with Crippen molar-refractivity contribution in [2.24, 2.45) is 0 Å². The highest BCUT2D eigenvalue weighted by atomic mass is 19.1. The van der Waals surface area contributed by atoms with E-state index in [1.54, 1.807) is 0 Å². The van der Waals surface area contributed by atoms with E-state index in [9.17, 15) is 4.39 Å². The molecule has 3 heteroatoms. The van der Waals surface area contributed by atoms with Crippen LogP contribution in [0.5, 0.6) is 0 Å². The predicted octanol–water partition coefficient (Wildman–Crippen LogP) is 13.6. The second-order valence-electron chi connectivity index (χ2n) is 12.3. The molecule has 240 valence electrons. The lowest BCUT2D eigenvalue weighted by Gasteiger charge is -2.31. The standard InChI is InChI=1S/C47H35FN2/c48-34-35-23-26-40(27-24-35)49(43-28-25-36-13-7-8-18-39(36)33-43)41-29-31-42(32-30-41)50(46-21-11-9-19-44(46)37-14-3-1-4-15-37)47-22-12-10-20-45(47)38-16-5-2-6-17-38/h1-33H,34H2. The number of fused-ring (bicyclic) bond motifs is 1. The molecule has 0 saturated heterocycles. The molecule has 8 aromatic carbocycles. The summed E-state index contributed by atoms with van der Waals surface area (Å²) in [6.45, 7) is -0.490. The SMILES string of the molecule is FCc1ccc(N(c2ccc(N(c3ccccc3-c3ccccc3)c3ccccc3-c3ccccc3)cc2)c2ccc3ccccc3c2)cc1. The largest absolute Gasteiger partial charge is 0.310 e. The van der Waals surface area contributed by atoms with Gasteiger partial charge in [-0.25, -0.2) is 4.39 Å². The van der Waals surface area contributed by atoms with E-state index in [1.807, 2.05) is 24.3 Å². The second-order valence-corrected chi connectivity index (χ2v) is 12.3. The Balaban J connectivity index is 1.29. The Bertz CT molecular complexity index is 2270. The molecule has 0 atom stereocenters. The number of hydrogen-bond donors (Lipinski definition) is 0. The third kappa shape index (κ3) is 6.13. The molecule has 0 bridgehead atoms. The van der Waals surface area contributed by atoms with E-state index in [1.165, 1.54) is 5.39 Å². The van der Waals surface area contributed by atoms with Gasteiger partial charge in [0, 0.05) is 33.9 Å². The first kappa shape index (κ1) is 30.9. The van der Waals surface area contributed by atoms with E-state index in [2.05, 4.69) is 186 Å². The maximum Gasteiger partial charge on any atom is 0.115 e. The van der Waals surface area contributed by atoms with Gasteiger partial charge in [0.1, 0.15) is 6.67 Å². The van der Waals surface area contributed by atoms with E-state index in [0.717, 1.165) is 61.8 Å². The highest BCUT2D eigenvalue weighted by Crippen LogP contribution is 2.45. The molecular formula is C47H35FN2. The minimum atomic E-state index is -0.490. The second kappa shape index (κ2) is 14.0. The van der Waals surface area contributed by atoms with E-state index >= 15 is 0 Å². The van der Waals surface area contributed by atoms with Crippen LogP contribution in [0.25, 0.3) is 33.0 Å². The van der Waals surface area contributed by atoms with Gasteiger partial charge in [0.25, 0.3) is 0 Å². The van der Waals surface area contributed by atoms with E-state index < -0.39 is 6.67 Å². The number of alkyl halides is 1. The highest BCUT2D eigenvalue weighted by molar-refractivity contribution is 5.94. The first-order chi connectivity index (χ1) is 24.8. The Hall–Kier alpha value is -6.45. The van der Waals surface area contributed by atoms with Gasteiger partial charge < -0.3 is 9.80 Å². The quantitative estimate of drug-likeness (QED) is 0.154. The van der Waals surface area contributed by atoms with Crippen molar-refractivity contribution in [3.63, 3.8) is 0 Å². The zero-order chi connectivity index (χ0) is 33.7. The van der Waals surface area contributed by atoms with Crippen molar-refractivity contribution >= 4 is 44.9 Å². The lowest BCUT2D eigenvalue weighted by atomic mass is 9.99. The third-order valence-corrected chi connectivity index (χ3v) is 9.17. The number of para-hydroxylation sites is 2. The molecule has 0 saturated carbocycles. The van der Waals surface area contributed by atoms with Crippen LogP contribution in [0, 0.1) is 0 Å². The van der Waals surface area contributed by atoms with Crippen LogP contribution in [0.1, 0.15) is 5.56 Å². The summed E-state index contributed by atoms with van der Waals surface area (Å²) in [6, 6.07) is 69.7. The number of halogens is 1. The number of benzene rings is 8. The van der Waals surface area contributed by atoms with Gasteiger partial charge in [-0.1, -0.05) is 140 Å². The Morgan fingerprint density at radius 2 is 0.760 bits per heavy atom. The molecule has 0 fully saturated rings. The monoisotopic (exact) mass is 646 g/mol. The first-order valence-corrected chi connectivity index (χ1v) is 16.9. The van der Waals surface area contributed by atoms with Crippen molar-refractivity contribution in [2.75, 3.05) is 9.80 Å². The Morgan fingerprint density at radius 1 is 0.340 bits per heavy atom. The molecule has 0 aliphatic rings. The molecule has 0 radical (unpaired) electrons. The van der Waals surface area contributed by atoms with Crippen molar-refractivity contribution in [3.05, 3.63) is 206 Å². The average molecular weight is 647 g/mol. The van der Waals surface area contributed by atoms with Crippen LogP contribution in [-0.4, -0.2) is 0 Å². The summed E-state index contributed by atoms with van der Waals surface area (Å²) in [5.74, 6) is 0. The molecule has 0 heterocycles. The van der Waals surface area contributed by atoms with Gasteiger partial charge in [-0.2, -0.15) is 0 Å². The van der Waals surface area contributed by atoms with Gasteiger partial charge in [-0.05, 0) is 88.1 Å². The molecule has 0 unspecified atom stereocenters. The van der Waals surface area contributed by atoms with Crippen molar-refractivity contribution in [3.8, 4) is 22.3 Å². The molecule has 0 N–H and O–H groups in total. The van der Waals surface area contributed by atoms with Gasteiger partial charge in [-0.3, -0.25) is 0 Å². The highest BCUT2D eigenvalue weighted by Gasteiger charge is 2.21. The summed E-state index contributed by atoms with van der Waals surface area (Å²) < 4.78 is 13.5. The molecular weight excluding hydrogens is 612 g/mol. The topological polar surface area (TPSA) is 6.48 Å². The fraction of sp³-hybridized carbons (Fsp3) is 0.0213. The van der Waals surface area contributed by atoms with Gasteiger partial charge in [0.2, 0.25) is 0 Å². The third-order valence-electron chi connectivity index (χ3n) is 9.17. The van der Waals surface area contributed by atoms with Gasteiger partial charge in [0.15, 0.2) is 0 Å². The molecule has 0 amide bonds. The minimum Gasteiger partial charge on any atom is -0.310 e. The number of rotatable bonds is 9. The maximum atomic E-state index is 13.5. The summed E-state index contributed by atoms with van der Waals surface area (Å²) in [7, 11) is 0. The zero-order valence-corrected chi connectivity index (χ0v) is 27.5. The summed E-state index contributed by atoms with van der Waals surface area (Å²) in [5, 5.41) is 2.34. The zero-order valence-electron chi connectivity index (χ0n) is 27.5. The molecule has 0 spiro atoms. The molecule has 8 aromatic rings. The fourth-order valence-electron chi connectivity index (χ4n) is 6.72. The Kier molecular flexibility index (Phi) is 8.61. The Labute approximate surface area is 293 Å². The summed E-state index contributed by atoms with van der Waals surface area (Å²) in [6.07, 6.45) is 0. The van der Waals surface area contributed by atoms with Crippen LogP contribution >= 0.6 is 0 Å². The molecule has 2 nitrogen and oxygen atoms in total. The van der Waals surface area contributed by atoms with Crippen LogP contribution in [0.15, 0.2) is 200 Å². The predicted molar refractivity (Wildman–Crippen MR) is 209 cm³/mol. The van der Waals surface area contributed by atoms with Gasteiger partial charge >= 0.3 is 0 Å². The fourth-order valence-corrected chi connectivity index (χ4v) is 6.72. The van der Waals surface area contributed by atoms with Crippen molar-refractivity contribution < 1.29 is 4.39 Å².